The smallest absolute Gasteiger partial charge is 0.259 e. The standard InChI is InChI=1S/C21H23N3O4S/c1-23(18-4-2-3-9-22-18)21(26)13-5-7-16(8-6-13)29(27,28)24-12-15-10-14-11-17(15)19(24)20(14)25/h2-9,14-15,17,19-20,25H,10-12H2,1H3/t14-,15-,17+,19+,20+/m0/s1. The van der Waals surface area contributed by atoms with Gasteiger partial charge in [0.25, 0.3) is 5.91 Å². The van der Waals surface area contributed by atoms with Crippen molar-refractivity contribution in [2.75, 3.05) is 18.5 Å². The lowest BCUT2D eigenvalue weighted by atomic mass is 9.88. The molecular weight excluding hydrogens is 390 g/mol. The number of anilines is 1. The Kier molecular flexibility index (Phi) is 4.27. The number of pyridine rings is 1. The van der Waals surface area contributed by atoms with Crippen LogP contribution in [0.25, 0.3) is 0 Å². The number of aromatic nitrogens is 1. The molecule has 5 atom stereocenters. The molecule has 1 N–H and O–H groups in total. The second kappa shape index (κ2) is 6.62. The minimum absolute atomic E-state index is 0.159. The highest BCUT2D eigenvalue weighted by atomic mass is 32.2. The van der Waals surface area contributed by atoms with Crippen molar-refractivity contribution in [1.82, 2.24) is 9.29 Å². The first-order chi connectivity index (χ1) is 13.9. The number of hydrogen-bond acceptors (Lipinski definition) is 5. The lowest BCUT2D eigenvalue weighted by Gasteiger charge is -2.28. The van der Waals surface area contributed by atoms with Gasteiger partial charge in [-0.25, -0.2) is 13.4 Å². The van der Waals surface area contributed by atoms with Crippen LogP contribution in [0.5, 0.6) is 0 Å². The van der Waals surface area contributed by atoms with Gasteiger partial charge in [-0.3, -0.25) is 9.69 Å². The van der Waals surface area contributed by atoms with Crippen LogP contribution in [0.15, 0.2) is 53.6 Å². The fraction of sp³-hybridized carbons (Fsp3) is 0.429. The van der Waals surface area contributed by atoms with Crippen molar-refractivity contribution in [2.45, 2.75) is 29.9 Å². The number of nitrogens with zero attached hydrogens (tertiary/aromatic N) is 3. The number of amides is 1. The first kappa shape index (κ1) is 18.7. The fourth-order valence-electron chi connectivity index (χ4n) is 5.39. The fourth-order valence-corrected chi connectivity index (χ4v) is 7.13. The third kappa shape index (κ3) is 2.81. The van der Waals surface area contributed by atoms with Gasteiger partial charge >= 0.3 is 0 Å². The molecule has 29 heavy (non-hydrogen) atoms. The van der Waals surface area contributed by atoms with Crippen LogP contribution in [-0.4, -0.2) is 54.5 Å². The molecule has 3 fully saturated rings. The molecule has 1 amide bonds. The molecule has 0 spiro atoms. The van der Waals surface area contributed by atoms with E-state index in [2.05, 4.69) is 4.98 Å². The molecule has 1 aromatic carbocycles. The second-order valence-corrected chi connectivity index (χ2v) is 10.2. The zero-order valence-electron chi connectivity index (χ0n) is 16.0. The number of aliphatic hydroxyl groups is 1. The van der Waals surface area contributed by atoms with Crippen LogP contribution in [0.1, 0.15) is 23.2 Å². The van der Waals surface area contributed by atoms with E-state index in [1.165, 1.54) is 33.5 Å². The van der Waals surface area contributed by atoms with Gasteiger partial charge in [0.1, 0.15) is 5.82 Å². The van der Waals surface area contributed by atoms with E-state index in [-0.39, 0.29) is 28.7 Å². The van der Waals surface area contributed by atoms with E-state index in [1.807, 2.05) is 0 Å². The summed E-state index contributed by atoms with van der Waals surface area (Å²) in [4.78, 5) is 18.4. The summed E-state index contributed by atoms with van der Waals surface area (Å²) in [6.45, 7) is 0.480. The van der Waals surface area contributed by atoms with Gasteiger partial charge < -0.3 is 5.11 Å². The number of hydrogen-bond donors (Lipinski definition) is 1. The molecule has 2 aromatic rings. The Morgan fingerprint density at radius 1 is 1.14 bits per heavy atom. The molecule has 3 aliphatic rings. The lowest BCUT2D eigenvalue weighted by Crippen LogP contribution is -2.43. The molecule has 0 unspecified atom stereocenters. The topological polar surface area (TPSA) is 90.8 Å². The van der Waals surface area contributed by atoms with Crippen molar-refractivity contribution in [1.29, 1.82) is 0 Å². The van der Waals surface area contributed by atoms with Crippen LogP contribution in [-0.2, 0) is 10.0 Å². The average molecular weight is 413 g/mol. The quantitative estimate of drug-likeness (QED) is 0.825. The second-order valence-electron chi connectivity index (χ2n) is 8.29. The van der Waals surface area contributed by atoms with Gasteiger partial charge in [0.15, 0.2) is 0 Å². The van der Waals surface area contributed by atoms with E-state index in [0.29, 0.717) is 23.8 Å². The van der Waals surface area contributed by atoms with Gasteiger partial charge in [-0.2, -0.15) is 4.31 Å². The van der Waals surface area contributed by atoms with E-state index in [4.69, 9.17) is 0 Å². The monoisotopic (exact) mass is 413 g/mol. The molecule has 1 saturated heterocycles. The average Bonchev–Trinajstić information content (AvgIpc) is 3.37. The first-order valence-electron chi connectivity index (χ1n) is 9.87. The Morgan fingerprint density at radius 3 is 2.55 bits per heavy atom. The van der Waals surface area contributed by atoms with E-state index >= 15 is 0 Å². The molecule has 0 radical (unpaired) electrons. The molecule has 7 nitrogen and oxygen atoms in total. The third-order valence-corrected chi connectivity index (χ3v) is 8.69. The molecule has 2 heterocycles. The van der Waals surface area contributed by atoms with Crippen LogP contribution in [0.3, 0.4) is 0 Å². The molecular formula is C21H23N3O4S. The van der Waals surface area contributed by atoms with Crippen LogP contribution in [0, 0.1) is 17.8 Å². The maximum atomic E-state index is 13.2. The molecule has 8 heteroatoms. The van der Waals surface area contributed by atoms with Gasteiger partial charge in [0.05, 0.1) is 17.0 Å². The largest absolute Gasteiger partial charge is 0.391 e. The number of aliphatic hydroxyl groups excluding tert-OH is 1. The maximum absolute atomic E-state index is 13.2. The van der Waals surface area contributed by atoms with Crippen molar-refractivity contribution in [3.05, 3.63) is 54.2 Å². The van der Waals surface area contributed by atoms with Crippen LogP contribution < -0.4 is 4.90 Å². The van der Waals surface area contributed by atoms with Gasteiger partial charge in [-0.1, -0.05) is 6.07 Å². The Morgan fingerprint density at radius 2 is 1.90 bits per heavy atom. The zero-order chi connectivity index (χ0) is 20.3. The molecule has 2 saturated carbocycles. The van der Waals surface area contributed by atoms with E-state index in [9.17, 15) is 18.3 Å². The predicted octanol–water partition coefficient (Wildman–Crippen LogP) is 1.75. The number of sulfonamides is 1. The zero-order valence-corrected chi connectivity index (χ0v) is 16.9. The van der Waals surface area contributed by atoms with Crippen LogP contribution >= 0.6 is 0 Å². The highest BCUT2D eigenvalue weighted by Crippen LogP contribution is 2.56. The number of fused-ring (bicyclic) bond motifs is 1. The van der Waals surface area contributed by atoms with Crippen molar-refractivity contribution < 1.29 is 18.3 Å². The van der Waals surface area contributed by atoms with E-state index < -0.39 is 16.1 Å². The van der Waals surface area contributed by atoms with Crippen molar-refractivity contribution in [2.24, 2.45) is 17.8 Å². The summed E-state index contributed by atoms with van der Waals surface area (Å²) in [5, 5.41) is 10.5. The van der Waals surface area contributed by atoms with Gasteiger partial charge in [0, 0.05) is 25.4 Å². The van der Waals surface area contributed by atoms with Gasteiger partial charge in [-0.05, 0) is 67.0 Å². The number of rotatable bonds is 4. The molecule has 2 aliphatic carbocycles. The minimum atomic E-state index is -3.71. The summed E-state index contributed by atoms with van der Waals surface area (Å²) in [5.41, 5.74) is 0.388. The number of benzene rings is 1. The minimum Gasteiger partial charge on any atom is -0.391 e. The lowest BCUT2D eigenvalue weighted by molar-refractivity contribution is 0.0731. The van der Waals surface area contributed by atoms with Gasteiger partial charge in [0.2, 0.25) is 10.0 Å². The Hall–Kier alpha value is -2.29. The third-order valence-electron chi connectivity index (χ3n) is 6.81. The highest BCUT2D eigenvalue weighted by Gasteiger charge is 2.61. The summed E-state index contributed by atoms with van der Waals surface area (Å²) >= 11 is 0. The van der Waals surface area contributed by atoms with Crippen molar-refractivity contribution in [3.63, 3.8) is 0 Å². The van der Waals surface area contributed by atoms with Crippen LogP contribution in [0.4, 0.5) is 5.82 Å². The Labute approximate surface area is 170 Å². The highest BCUT2D eigenvalue weighted by molar-refractivity contribution is 7.89. The van der Waals surface area contributed by atoms with E-state index in [1.54, 1.807) is 31.4 Å². The summed E-state index contributed by atoms with van der Waals surface area (Å²) < 4.78 is 28.0. The summed E-state index contributed by atoms with van der Waals surface area (Å²) in [6.07, 6.45) is 2.89. The number of carbonyl (C=O) groups excluding carboxylic acids is 1. The molecule has 2 bridgehead atoms. The molecule has 152 valence electrons. The van der Waals surface area contributed by atoms with Crippen molar-refractivity contribution in [3.8, 4) is 0 Å². The summed E-state index contributed by atoms with van der Waals surface area (Å²) in [5.74, 6) is 1.12. The SMILES string of the molecule is CN(C(=O)c1ccc(S(=O)(=O)N2C[C@@H]3C[C@H]4C[C@H]3[C@@H]2[C@@H]4O)cc1)c1ccccn1. The van der Waals surface area contributed by atoms with Crippen LogP contribution in [0.2, 0.25) is 0 Å². The Bertz CT molecular complexity index is 1040. The molecule has 1 aliphatic heterocycles. The van der Waals surface area contributed by atoms with E-state index in [0.717, 1.165) is 12.8 Å². The van der Waals surface area contributed by atoms with Crippen molar-refractivity contribution >= 4 is 21.7 Å². The predicted molar refractivity (Wildman–Crippen MR) is 107 cm³/mol. The molecule has 1 aromatic heterocycles. The summed E-state index contributed by atoms with van der Waals surface area (Å²) in [6, 6.07) is 11.0. The normalized spacial score (nSPS) is 30.6. The maximum Gasteiger partial charge on any atom is 0.259 e. The van der Waals surface area contributed by atoms with Gasteiger partial charge in [-0.15, -0.1) is 0 Å². The first-order valence-corrected chi connectivity index (χ1v) is 11.3. The number of carbonyl (C=O) groups is 1. The molecule has 5 rings (SSSR count). The summed E-state index contributed by atoms with van der Waals surface area (Å²) in [7, 11) is -2.08. The Balaban J connectivity index is 1.38.